The first-order valence-corrected chi connectivity index (χ1v) is 9.68. The average molecular weight is 305 g/mol. The predicted molar refractivity (Wildman–Crippen MR) is 85.9 cm³/mol. The Morgan fingerprint density at radius 3 is 2.40 bits per heavy atom. The van der Waals surface area contributed by atoms with E-state index in [2.05, 4.69) is 31.0 Å². The lowest BCUT2D eigenvalue weighted by atomic mass is 9.92. The molecule has 1 N–H and O–H groups in total. The van der Waals surface area contributed by atoms with Crippen LogP contribution in [0.5, 0.6) is 0 Å². The van der Waals surface area contributed by atoms with Gasteiger partial charge in [0.2, 0.25) is 0 Å². The standard InChI is InChI=1S/C15H32N2O2S/c1-6-15(7-2)12-17(14(5)8-9-16-15)10-11-20(18,19)13(3)4/h13-14,16H,6-12H2,1-5H3. The summed E-state index contributed by atoms with van der Waals surface area (Å²) in [5, 5.41) is 3.41. The third-order valence-corrected chi connectivity index (χ3v) is 7.11. The molecule has 0 aliphatic carbocycles. The van der Waals surface area contributed by atoms with Crippen molar-refractivity contribution in [3.05, 3.63) is 0 Å². The third-order valence-electron chi connectivity index (χ3n) is 4.93. The highest BCUT2D eigenvalue weighted by Gasteiger charge is 2.33. The lowest BCUT2D eigenvalue weighted by molar-refractivity contribution is 0.168. The molecule has 1 unspecified atom stereocenters. The van der Waals surface area contributed by atoms with E-state index >= 15 is 0 Å². The molecule has 1 saturated heterocycles. The van der Waals surface area contributed by atoms with Gasteiger partial charge in [0.1, 0.15) is 0 Å². The number of sulfone groups is 1. The molecule has 1 aliphatic heterocycles. The molecule has 0 aromatic carbocycles. The summed E-state index contributed by atoms with van der Waals surface area (Å²) in [6, 6.07) is 0.449. The minimum absolute atomic E-state index is 0.145. The van der Waals surface area contributed by atoms with Gasteiger partial charge in [-0.05, 0) is 46.6 Å². The zero-order chi connectivity index (χ0) is 15.4. The summed E-state index contributed by atoms with van der Waals surface area (Å²) in [5.41, 5.74) is 0.145. The van der Waals surface area contributed by atoms with Crippen molar-refractivity contribution in [2.45, 2.75) is 70.7 Å². The molecule has 1 atom stereocenters. The Kier molecular flexibility index (Phi) is 6.48. The van der Waals surface area contributed by atoms with Gasteiger partial charge < -0.3 is 5.32 Å². The van der Waals surface area contributed by atoms with E-state index in [1.54, 1.807) is 13.8 Å². The van der Waals surface area contributed by atoms with Crippen LogP contribution in [0.15, 0.2) is 0 Å². The van der Waals surface area contributed by atoms with Gasteiger partial charge in [0.15, 0.2) is 9.84 Å². The largest absolute Gasteiger partial charge is 0.310 e. The fourth-order valence-corrected chi connectivity index (χ4v) is 3.79. The van der Waals surface area contributed by atoms with E-state index in [-0.39, 0.29) is 16.5 Å². The van der Waals surface area contributed by atoms with E-state index in [9.17, 15) is 8.42 Å². The van der Waals surface area contributed by atoms with Crippen molar-refractivity contribution in [1.29, 1.82) is 0 Å². The number of nitrogens with one attached hydrogen (secondary N) is 1. The Bertz CT molecular complexity index is 389. The van der Waals surface area contributed by atoms with Crippen LogP contribution in [0.25, 0.3) is 0 Å². The van der Waals surface area contributed by atoms with Gasteiger partial charge in [-0.1, -0.05) is 13.8 Å². The van der Waals surface area contributed by atoms with E-state index in [1.165, 1.54) is 0 Å². The van der Waals surface area contributed by atoms with E-state index in [0.717, 1.165) is 32.4 Å². The zero-order valence-electron chi connectivity index (χ0n) is 13.8. The normalized spacial score (nSPS) is 24.8. The van der Waals surface area contributed by atoms with Crippen molar-refractivity contribution in [3.63, 3.8) is 0 Å². The van der Waals surface area contributed by atoms with E-state index in [4.69, 9.17) is 0 Å². The molecular formula is C15H32N2O2S. The van der Waals surface area contributed by atoms with Crippen LogP contribution < -0.4 is 5.32 Å². The highest BCUT2D eigenvalue weighted by atomic mass is 32.2. The summed E-state index contributed by atoms with van der Waals surface area (Å²) in [4.78, 5) is 2.37. The maximum absolute atomic E-state index is 12.0. The number of rotatable bonds is 6. The SMILES string of the molecule is CCC1(CC)CN(CCS(=O)(=O)C(C)C)C(C)CCN1. The second-order valence-electron chi connectivity index (χ2n) is 6.44. The molecule has 1 fully saturated rings. The number of hydrogen-bond donors (Lipinski definition) is 1. The summed E-state index contributed by atoms with van der Waals surface area (Å²) in [6.45, 7) is 12.8. The van der Waals surface area contributed by atoms with Crippen LogP contribution in [0.1, 0.15) is 53.9 Å². The van der Waals surface area contributed by atoms with E-state index < -0.39 is 9.84 Å². The lowest BCUT2D eigenvalue weighted by Gasteiger charge is -2.37. The minimum atomic E-state index is -2.95. The van der Waals surface area contributed by atoms with Crippen molar-refractivity contribution in [2.75, 3.05) is 25.4 Å². The fraction of sp³-hybridized carbons (Fsp3) is 1.00. The highest BCUT2D eigenvalue weighted by Crippen LogP contribution is 2.22. The van der Waals surface area contributed by atoms with Crippen molar-refractivity contribution in [3.8, 4) is 0 Å². The lowest BCUT2D eigenvalue weighted by Crippen LogP contribution is -2.52. The second-order valence-corrected chi connectivity index (χ2v) is 9.11. The van der Waals surface area contributed by atoms with Crippen molar-refractivity contribution in [2.24, 2.45) is 0 Å². The summed E-state index contributed by atoms with van der Waals surface area (Å²) in [5.74, 6) is 0.276. The maximum Gasteiger partial charge on any atom is 0.153 e. The first kappa shape index (κ1) is 17.9. The Labute approximate surface area is 125 Å². The van der Waals surface area contributed by atoms with Crippen molar-refractivity contribution in [1.82, 2.24) is 10.2 Å². The number of nitrogens with zero attached hydrogens (tertiary/aromatic N) is 1. The molecule has 0 aromatic rings. The quantitative estimate of drug-likeness (QED) is 0.816. The molecule has 5 heteroatoms. The van der Waals surface area contributed by atoms with Gasteiger partial charge in [-0.2, -0.15) is 0 Å². The molecule has 1 rings (SSSR count). The zero-order valence-corrected chi connectivity index (χ0v) is 14.6. The van der Waals surface area contributed by atoms with Crippen LogP contribution in [0.3, 0.4) is 0 Å². The number of hydrogen-bond acceptors (Lipinski definition) is 4. The van der Waals surface area contributed by atoms with Crippen molar-refractivity contribution < 1.29 is 8.42 Å². The molecule has 20 heavy (non-hydrogen) atoms. The predicted octanol–water partition coefficient (Wildman–Crippen LogP) is 2.05. The van der Waals surface area contributed by atoms with Gasteiger partial charge in [-0.3, -0.25) is 4.90 Å². The van der Waals surface area contributed by atoms with Crippen LogP contribution >= 0.6 is 0 Å². The maximum atomic E-state index is 12.0. The smallest absolute Gasteiger partial charge is 0.153 e. The van der Waals surface area contributed by atoms with Gasteiger partial charge >= 0.3 is 0 Å². The Hall–Kier alpha value is -0.130. The molecular weight excluding hydrogens is 272 g/mol. The fourth-order valence-electron chi connectivity index (χ4n) is 2.83. The summed E-state index contributed by atoms with van der Waals surface area (Å²) in [7, 11) is -2.95. The van der Waals surface area contributed by atoms with Crippen LogP contribution in [0, 0.1) is 0 Å². The minimum Gasteiger partial charge on any atom is -0.310 e. The van der Waals surface area contributed by atoms with Crippen molar-refractivity contribution >= 4 is 9.84 Å². The molecule has 1 heterocycles. The van der Waals surface area contributed by atoms with Gasteiger partial charge in [-0.15, -0.1) is 0 Å². The highest BCUT2D eigenvalue weighted by molar-refractivity contribution is 7.92. The summed E-state index contributed by atoms with van der Waals surface area (Å²) >= 11 is 0. The average Bonchev–Trinajstić information content (AvgIpc) is 2.56. The molecule has 0 radical (unpaired) electrons. The molecule has 4 nitrogen and oxygen atoms in total. The van der Waals surface area contributed by atoms with Crippen LogP contribution in [0.2, 0.25) is 0 Å². The first-order valence-electron chi connectivity index (χ1n) is 7.97. The van der Waals surface area contributed by atoms with Gasteiger partial charge in [0.25, 0.3) is 0 Å². The van der Waals surface area contributed by atoms with E-state index in [1.807, 2.05) is 0 Å². The Balaban J connectivity index is 2.75. The molecule has 0 aromatic heterocycles. The Morgan fingerprint density at radius 2 is 1.90 bits per heavy atom. The monoisotopic (exact) mass is 304 g/mol. The third kappa shape index (κ3) is 4.43. The van der Waals surface area contributed by atoms with Gasteiger partial charge in [0, 0.05) is 24.7 Å². The van der Waals surface area contributed by atoms with Gasteiger partial charge in [0.05, 0.1) is 11.0 Å². The molecule has 0 saturated carbocycles. The molecule has 0 amide bonds. The van der Waals surface area contributed by atoms with Gasteiger partial charge in [-0.25, -0.2) is 8.42 Å². The van der Waals surface area contributed by atoms with E-state index in [0.29, 0.717) is 12.6 Å². The topological polar surface area (TPSA) is 49.4 Å². The Morgan fingerprint density at radius 1 is 1.30 bits per heavy atom. The molecule has 0 bridgehead atoms. The molecule has 120 valence electrons. The van der Waals surface area contributed by atoms with Crippen LogP contribution in [0.4, 0.5) is 0 Å². The van der Waals surface area contributed by atoms with Crippen LogP contribution in [-0.2, 0) is 9.84 Å². The van der Waals surface area contributed by atoms with Crippen LogP contribution in [-0.4, -0.2) is 55.5 Å². The molecule has 1 aliphatic rings. The molecule has 0 spiro atoms. The second kappa shape index (κ2) is 7.23. The summed E-state index contributed by atoms with van der Waals surface area (Å²) in [6.07, 6.45) is 3.26. The summed E-state index contributed by atoms with van der Waals surface area (Å²) < 4.78 is 24.0. The first-order chi connectivity index (χ1) is 9.26.